The first-order chi connectivity index (χ1) is 8.61. The first-order valence-corrected chi connectivity index (χ1v) is 5.75. The maximum Gasteiger partial charge on any atom is 0.200 e. The summed E-state index contributed by atoms with van der Waals surface area (Å²) in [7, 11) is 0. The summed E-state index contributed by atoms with van der Waals surface area (Å²) in [5, 5.41) is 0. The Balaban J connectivity index is 2.32. The Morgan fingerprint density at radius 1 is 1.22 bits per heavy atom. The summed E-state index contributed by atoms with van der Waals surface area (Å²) in [5.74, 6) is 0.509. The lowest BCUT2D eigenvalue weighted by Crippen LogP contribution is -2.15. The summed E-state index contributed by atoms with van der Waals surface area (Å²) in [6.07, 6.45) is 0. The molecule has 94 valence electrons. The summed E-state index contributed by atoms with van der Waals surface area (Å²) in [5.41, 5.74) is 0.823. The van der Waals surface area contributed by atoms with E-state index in [9.17, 15) is 9.18 Å². The van der Waals surface area contributed by atoms with Crippen molar-refractivity contribution in [1.82, 2.24) is 0 Å². The zero-order valence-corrected chi connectivity index (χ0v) is 10.3. The smallest absolute Gasteiger partial charge is 0.200 e. The van der Waals surface area contributed by atoms with Crippen molar-refractivity contribution in [3.8, 4) is 0 Å². The van der Waals surface area contributed by atoms with E-state index in [2.05, 4.69) is 0 Å². The maximum atomic E-state index is 12.9. The van der Waals surface area contributed by atoms with Crippen molar-refractivity contribution in [2.24, 2.45) is 0 Å². The van der Waals surface area contributed by atoms with Crippen LogP contribution in [-0.4, -0.2) is 12.3 Å². The lowest BCUT2D eigenvalue weighted by atomic mass is 10.3. The summed E-state index contributed by atoms with van der Waals surface area (Å²) < 4.78 is 18.3. The lowest BCUT2D eigenvalue weighted by molar-refractivity contribution is 0.0988. The SMILES string of the molecule is CCN(c1ccc(F)cc1)c1ccc(C(C)=O)o1. The molecular formula is C14H14FNO2. The van der Waals surface area contributed by atoms with E-state index in [0.717, 1.165) is 5.69 Å². The van der Waals surface area contributed by atoms with Crippen molar-refractivity contribution >= 4 is 17.4 Å². The third-order valence-corrected chi connectivity index (χ3v) is 2.66. The highest BCUT2D eigenvalue weighted by molar-refractivity contribution is 5.91. The Kier molecular flexibility index (Phi) is 3.46. The Bertz CT molecular complexity index is 545. The number of benzene rings is 1. The van der Waals surface area contributed by atoms with Crippen LogP contribution in [0.2, 0.25) is 0 Å². The summed E-state index contributed by atoms with van der Waals surface area (Å²) in [6.45, 7) is 4.08. The Hall–Kier alpha value is -2.10. The van der Waals surface area contributed by atoms with Crippen LogP contribution in [0.15, 0.2) is 40.8 Å². The molecule has 1 heterocycles. The van der Waals surface area contributed by atoms with E-state index < -0.39 is 0 Å². The van der Waals surface area contributed by atoms with Crippen LogP contribution in [0.25, 0.3) is 0 Å². The van der Waals surface area contributed by atoms with Gasteiger partial charge in [-0.05, 0) is 37.3 Å². The molecule has 18 heavy (non-hydrogen) atoms. The van der Waals surface area contributed by atoms with Gasteiger partial charge >= 0.3 is 0 Å². The van der Waals surface area contributed by atoms with Crippen molar-refractivity contribution in [2.75, 3.05) is 11.4 Å². The number of furan rings is 1. The van der Waals surface area contributed by atoms with Crippen LogP contribution >= 0.6 is 0 Å². The van der Waals surface area contributed by atoms with E-state index in [0.29, 0.717) is 18.2 Å². The van der Waals surface area contributed by atoms with Gasteiger partial charge in [-0.25, -0.2) is 4.39 Å². The second-order valence-corrected chi connectivity index (χ2v) is 3.91. The van der Waals surface area contributed by atoms with Gasteiger partial charge in [-0.15, -0.1) is 0 Å². The third-order valence-electron chi connectivity index (χ3n) is 2.66. The summed E-state index contributed by atoms with van der Waals surface area (Å²) in [4.78, 5) is 13.1. The van der Waals surface area contributed by atoms with Crippen LogP contribution in [0.5, 0.6) is 0 Å². The molecule has 0 amide bonds. The number of anilines is 2. The molecule has 0 atom stereocenters. The maximum absolute atomic E-state index is 12.9. The highest BCUT2D eigenvalue weighted by atomic mass is 19.1. The first kappa shape index (κ1) is 12.4. The van der Waals surface area contributed by atoms with E-state index in [4.69, 9.17) is 4.42 Å². The minimum absolute atomic E-state index is 0.114. The fourth-order valence-electron chi connectivity index (χ4n) is 1.75. The molecule has 0 spiro atoms. The van der Waals surface area contributed by atoms with E-state index in [1.165, 1.54) is 19.1 Å². The minimum atomic E-state index is -0.279. The summed E-state index contributed by atoms with van der Waals surface area (Å²) >= 11 is 0. The van der Waals surface area contributed by atoms with Gasteiger partial charge in [0.1, 0.15) is 5.82 Å². The highest BCUT2D eigenvalue weighted by Crippen LogP contribution is 2.27. The Labute approximate surface area is 105 Å². The first-order valence-electron chi connectivity index (χ1n) is 5.75. The predicted octanol–water partition coefficient (Wildman–Crippen LogP) is 3.78. The molecular weight excluding hydrogens is 233 g/mol. The molecule has 0 N–H and O–H groups in total. The molecule has 0 aliphatic carbocycles. The van der Waals surface area contributed by atoms with E-state index in [-0.39, 0.29) is 11.6 Å². The van der Waals surface area contributed by atoms with Gasteiger partial charge in [0, 0.05) is 25.2 Å². The van der Waals surface area contributed by atoms with Gasteiger partial charge in [-0.2, -0.15) is 0 Å². The molecule has 0 aliphatic rings. The average Bonchev–Trinajstić information content (AvgIpc) is 2.82. The topological polar surface area (TPSA) is 33.5 Å². The molecule has 0 aliphatic heterocycles. The minimum Gasteiger partial charge on any atom is -0.437 e. The zero-order valence-electron chi connectivity index (χ0n) is 10.3. The molecule has 0 bridgehead atoms. The van der Waals surface area contributed by atoms with Gasteiger partial charge in [0.05, 0.1) is 0 Å². The number of carbonyl (C=O) groups is 1. The second kappa shape index (κ2) is 5.04. The van der Waals surface area contributed by atoms with Crippen molar-refractivity contribution in [2.45, 2.75) is 13.8 Å². The highest BCUT2D eigenvalue weighted by Gasteiger charge is 2.13. The quantitative estimate of drug-likeness (QED) is 0.771. The van der Waals surface area contributed by atoms with Crippen LogP contribution in [0.4, 0.5) is 16.0 Å². The third kappa shape index (κ3) is 2.42. The van der Waals surface area contributed by atoms with Gasteiger partial charge in [-0.1, -0.05) is 0 Å². The molecule has 2 aromatic rings. The Morgan fingerprint density at radius 3 is 2.39 bits per heavy atom. The normalized spacial score (nSPS) is 10.4. The lowest BCUT2D eigenvalue weighted by Gasteiger charge is -2.19. The van der Waals surface area contributed by atoms with Crippen LogP contribution in [0, 0.1) is 5.82 Å². The number of hydrogen-bond acceptors (Lipinski definition) is 3. The molecule has 0 fully saturated rings. The Morgan fingerprint density at radius 2 is 1.89 bits per heavy atom. The molecule has 1 aromatic carbocycles. The molecule has 1 aromatic heterocycles. The van der Waals surface area contributed by atoms with Crippen molar-refractivity contribution < 1.29 is 13.6 Å². The molecule has 0 unspecified atom stereocenters. The number of Topliss-reactive ketones (excluding diaryl/α,β-unsaturated/α-hetero) is 1. The summed E-state index contributed by atoms with van der Waals surface area (Å²) in [6, 6.07) is 9.52. The number of carbonyl (C=O) groups excluding carboxylic acids is 1. The molecule has 4 heteroatoms. The van der Waals surface area contributed by atoms with Gasteiger partial charge < -0.3 is 9.32 Å². The monoisotopic (exact) mass is 247 g/mol. The van der Waals surface area contributed by atoms with Crippen LogP contribution in [0.3, 0.4) is 0 Å². The predicted molar refractivity (Wildman–Crippen MR) is 67.8 cm³/mol. The van der Waals surface area contributed by atoms with E-state index in [1.807, 2.05) is 11.8 Å². The molecule has 3 nitrogen and oxygen atoms in total. The number of hydrogen-bond donors (Lipinski definition) is 0. The van der Waals surface area contributed by atoms with Crippen molar-refractivity contribution in [3.63, 3.8) is 0 Å². The number of ketones is 1. The molecule has 0 saturated heterocycles. The molecule has 2 rings (SSSR count). The van der Waals surface area contributed by atoms with E-state index in [1.54, 1.807) is 24.3 Å². The fraction of sp³-hybridized carbons (Fsp3) is 0.214. The largest absolute Gasteiger partial charge is 0.437 e. The number of nitrogens with zero attached hydrogens (tertiary/aromatic N) is 1. The standard InChI is InChI=1S/C14H14FNO2/c1-3-16(12-6-4-11(15)5-7-12)14-9-8-13(18-14)10(2)17/h4-9H,3H2,1-2H3. The van der Waals surface area contributed by atoms with Crippen molar-refractivity contribution in [1.29, 1.82) is 0 Å². The van der Waals surface area contributed by atoms with Gasteiger partial charge in [0.15, 0.2) is 11.5 Å². The fourth-order valence-corrected chi connectivity index (χ4v) is 1.75. The van der Waals surface area contributed by atoms with E-state index >= 15 is 0 Å². The molecule has 0 saturated carbocycles. The molecule has 0 radical (unpaired) electrons. The van der Waals surface area contributed by atoms with Crippen LogP contribution in [0.1, 0.15) is 24.4 Å². The van der Waals surface area contributed by atoms with Gasteiger partial charge in [-0.3, -0.25) is 4.79 Å². The van der Waals surface area contributed by atoms with Crippen LogP contribution in [-0.2, 0) is 0 Å². The average molecular weight is 247 g/mol. The van der Waals surface area contributed by atoms with Gasteiger partial charge in [0.2, 0.25) is 5.88 Å². The van der Waals surface area contributed by atoms with Crippen molar-refractivity contribution in [3.05, 3.63) is 48.0 Å². The zero-order chi connectivity index (χ0) is 13.1. The number of rotatable bonds is 4. The van der Waals surface area contributed by atoms with Crippen LogP contribution < -0.4 is 4.90 Å². The number of halogens is 1. The second-order valence-electron chi connectivity index (χ2n) is 3.91. The van der Waals surface area contributed by atoms with Gasteiger partial charge in [0.25, 0.3) is 0 Å².